The van der Waals surface area contributed by atoms with Crippen molar-refractivity contribution in [3.05, 3.63) is 141 Å². The van der Waals surface area contributed by atoms with E-state index in [4.69, 9.17) is 14.2 Å². The number of Topliss-reactive ketones (excluding diaryl/α,β-unsaturated/α-hetero) is 2. The molecule has 0 fully saturated rings. The Morgan fingerprint density at radius 1 is 0.581 bits per heavy atom. The van der Waals surface area contributed by atoms with Crippen molar-refractivity contribution in [2.45, 2.75) is 122 Å². The Morgan fingerprint density at radius 2 is 1.14 bits per heavy atom. The molecule has 9 rings (SSSR count). The monoisotopic (exact) mass is 1000 g/mol. The van der Waals surface area contributed by atoms with Crippen molar-refractivity contribution in [3.8, 4) is 17.2 Å². The van der Waals surface area contributed by atoms with E-state index in [1.54, 1.807) is 32.4 Å². The molecule has 0 aliphatic carbocycles. The van der Waals surface area contributed by atoms with Crippen LogP contribution >= 0.6 is 0 Å². The highest BCUT2D eigenvalue weighted by molar-refractivity contribution is 6.10. The number of carbonyl (C=O) groups is 7. The van der Waals surface area contributed by atoms with Crippen LogP contribution in [0, 0.1) is 6.92 Å². The van der Waals surface area contributed by atoms with Gasteiger partial charge in [-0.05, 0) is 152 Å². The van der Waals surface area contributed by atoms with E-state index < -0.39 is 11.8 Å². The topological polar surface area (TPSA) is 190 Å². The van der Waals surface area contributed by atoms with Crippen molar-refractivity contribution in [1.29, 1.82) is 0 Å². The Labute approximate surface area is 431 Å². The Morgan fingerprint density at radius 3 is 1.76 bits per heavy atom. The van der Waals surface area contributed by atoms with Gasteiger partial charge in [-0.2, -0.15) is 0 Å². The third-order valence-electron chi connectivity index (χ3n) is 14.6. The number of nitrogens with one attached hydrogen (secondary N) is 3. The normalized spacial score (nSPS) is 16.0. The number of fused-ring (bicyclic) bond motifs is 8. The summed E-state index contributed by atoms with van der Waals surface area (Å²) >= 11 is 0. The number of rotatable bonds is 21. The van der Waals surface area contributed by atoms with Crippen LogP contribution in [-0.4, -0.2) is 73.9 Å². The number of ether oxygens (including phenoxy) is 3. The molecule has 4 aliphatic rings. The van der Waals surface area contributed by atoms with E-state index in [-0.39, 0.29) is 93.2 Å². The number of aryl methyl sites for hydroxylation is 3. The minimum Gasteiger partial charge on any atom is -0.493 e. The molecule has 3 N–H and O–H groups in total. The van der Waals surface area contributed by atoms with Gasteiger partial charge in [0.1, 0.15) is 24.7 Å². The minimum absolute atomic E-state index is 0.00224. The Balaban J connectivity index is 0.868. The SMILES string of the molecule is CNC(=O)CCCCC(=O)CCC(=O)NCC(=O)CCC(=O)Nc1cc(COc2cc3c(cc2C)C(=O)N2c4ccccc4C[C@H]2CC3)cc(COc2cc3c(cc2OC)C(=O)N2c4ccccc4C[C@H]2CC3)c1. The lowest BCUT2D eigenvalue weighted by molar-refractivity contribution is -0.127. The molecule has 384 valence electrons. The summed E-state index contributed by atoms with van der Waals surface area (Å²) in [6, 6.07) is 29.4. The van der Waals surface area contributed by atoms with Crippen molar-refractivity contribution >= 4 is 58.2 Å². The van der Waals surface area contributed by atoms with Gasteiger partial charge in [0.05, 0.1) is 13.7 Å². The van der Waals surface area contributed by atoms with Gasteiger partial charge in [0.25, 0.3) is 11.8 Å². The molecule has 4 aliphatic heterocycles. The molecular weight excluding hydrogens is 939 g/mol. The summed E-state index contributed by atoms with van der Waals surface area (Å²) in [6.07, 6.45) is 6.15. The lowest BCUT2D eigenvalue weighted by atomic mass is 9.98. The maximum atomic E-state index is 14.1. The lowest BCUT2D eigenvalue weighted by Gasteiger charge is -2.23. The molecule has 0 radical (unpaired) electrons. The molecule has 4 heterocycles. The van der Waals surface area contributed by atoms with Gasteiger partial charge in [-0.25, -0.2) is 0 Å². The first-order valence-corrected chi connectivity index (χ1v) is 25.7. The molecule has 0 spiro atoms. The Bertz CT molecular complexity index is 3020. The summed E-state index contributed by atoms with van der Waals surface area (Å²) < 4.78 is 18.8. The first-order chi connectivity index (χ1) is 35.8. The molecule has 74 heavy (non-hydrogen) atoms. The van der Waals surface area contributed by atoms with Gasteiger partial charge in [0.2, 0.25) is 17.7 Å². The highest BCUT2D eigenvalue weighted by Gasteiger charge is 2.39. The van der Waals surface area contributed by atoms with E-state index in [1.807, 2.05) is 77.4 Å². The van der Waals surface area contributed by atoms with E-state index in [0.29, 0.717) is 65.3 Å². The summed E-state index contributed by atoms with van der Waals surface area (Å²) in [5.41, 5.74) is 10.1. The van der Waals surface area contributed by atoms with Gasteiger partial charge in [0, 0.05) is 85.8 Å². The van der Waals surface area contributed by atoms with Crippen molar-refractivity contribution in [3.63, 3.8) is 0 Å². The van der Waals surface area contributed by atoms with Crippen LogP contribution in [0.3, 0.4) is 0 Å². The van der Waals surface area contributed by atoms with E-state index in [9.17, 15) is 33.6 Å². The largest absolute Gasteiger partial charge is 0.493 e. The number of hydrogen-bond acceptors (Lipinski definition) is 10. The van der Waals surface area contributed by atoms with Crippen molar-refractivity contribution in [2.24, 2.45) is 0 Å². The van der Waals surface area contributed by atoms with Gasteiger partial charge in [-0.1, -0.05) is 36.4 Å². The van der Waals surface area contributed by atoms with Crippen LogP contribution in [0.15, 0.2) is 91.0 Å². The third-order valence-corrected chi connectivity index (χ3v) is 14.6. The average molecular weight is 1000 g/mol. The van der Waals surface area contributed by atoms with Crippen molar-refractivity contribution < 1.29 is 47.8 Å². The maximum Gasteiger partial charge on any atom is 0.258 e. The van der Waals surface area contributed by atoms with E-state index in [2.05, 4.69) is 28.1 Å². The molecule has 0 unspecified atom stereocenters. The molecule has 2 atom stereocenters. The van der Waals surface area contributed by atoms with Gasteiger partial charge in [-0.15, -0.1) is 0 Å². The second kappa shape index (κ2) is 22.9. The number of unbranched alkanes of at least 4 members (excludes halogenated alkanes) is 1. The fourth-order valence-electron chi connectivity index (χ4n) is 10.7. The molecule has 5 aromatic carbocycles. The zero-order valence-corrected chi connectivity index (χ0v) is 42.3. The summed E-state index contributed by atoms with van der Waals surface area (Å²) in [7, 11) is 3.10. The second-order valence-corrected chi connectivity index (χ2v) is 19.7. The van der Waals surface area contributed by atoms with Gasteiger partial charge < -0.3 is 40.0 Å². The van der Waals surface area contributed by atoms with Gasteiger partial charge >= 0.3 is 0 Å². The van der Waals surface area contributed by atoms with Crippen LogP contribution in [-0.2, 0) is 62.9 Å². The third kappa shape index (κ3) is 11.7. The zero-order valence-electron chi connectivity index (χ0n) is 42.3. The van der Waals surface area contributed by atoms with Crippen LogP contribution in [0.4, 0.5) is 17.1 Å². The standard InChI is InChI=1S/C59H63N5O10/c1-36-24-48-39(16-18-44-28-41-10-4-7-13-50(41)63(44)58(48)70)30-52(36)73-34-37-25-38(27-43(26-37)62-57(69)23-21-47(66)33-61-56(68)22-20-46(65)12-6-9-15-55(67)60-2)35-74-54-31-40-17-19-45-29-42-11-5-8-14-51(42)64(45)59(71)49(40)32-53(54)72-3/h4-5,7-8,10-11,13-14,24-27,30-32,44-45H,6,9,12,15-23,28-29,33-35H2,1-3H3,(H,60,67)(H,61,68)(H,62,69)/t44-,45-/m1/s1. The lowest BCUT2D eigenvalue weighted by Crippen LogP contribution is -2.36. The summed E-state index contributed by atoms with van der Waals surface area (Å²) in [6.45, 7) is 1.86. The number of amides is 5. The second-order valence-electron chi connectivity index (χ2n) is 19.7. The Kier molecular flexibility index (Phi) is 15.8. The van der Waals surface area contributed by atoms with Gasteiger partial charge in [-0.3, -0.25) is 33.6 Å². The van der Waals surface area contributed by atoms with Crippen LogP contribution < -0.4 is 40.0 Å². The number of carbonyl (C=O) groups excluding carboxylic acids is 7. The fourth-order valence-corrected chi connectivity index (χ4v) is 10.7. The Hall–Kier alpha value is -7.81. The van der Waals surface area contributed by atoms with Gasteiger partial charge in [0.15, 0.2) is 17.3 Å². The molecule has 15 heteroatoms. The number of para-hydroxylation sites is 2. The first kappa shape index (κ1) is 51.1. The fraction of sp³-hybridized carbons (Fsp3) is 0.373. The summed E-state index contributed by atoms with van der Waals surface area (Å²) in [4.78, 5) is 94.3. The van der Waals surface area contributed by atoms with Crippen LogP contribution in [0.2, 0.25) is 0 Å². The maximum absolute atomic E-state index is 14.1. The molecule has 0 saturated heterocycles. The number of methoxy groups -OCH3 is 1. The average Bonchev–Trinajstić information content (AvgIpc) is 3.90. The van der Waals surface area contributed by atoms with Crippen LogP contribution in [0.1, 0.15) is 124 Å². The number of hydrogen-bond donors (Lipinski definition) is 3. The molecule has 5 amide bonds. The first-order valence-electron chi connectivity index (χ1n) is 25.7. The summed E-state index contributed by atoms with van der Waals surface area (Å²) in [5.74, 6) is 0.116. The molecular formula is C59H63N5O10. The van der Waals surface area contributed by atoms with Crippen molar-refractivity contribution in [1.82, 2.24) is 10.6 Å². The number of benzene rings is 5. The van der Waals surface area contributed by atoms with E-state index in [0.717, 1.165) is 65.7 Å². The molecule has 15 nitrogen and oxygen atoms in total. The van der Waals surface area contributed by atoms with E-state index >= 15 is 0 Å². The minimum atomic E-state index is -0.431. The molecule has 0 bridgehead atoms. The number of ketones is 2. The number of anilines is 3. The summed E-state index contributed by atoms with van der Waals surface area (Å²) in [5, 5.41) is 8.03. The van der Waals surface area contributed by atoms with Crippen LogP contribution in [0.5, 0.6) is 17.2 Å². The number of nitrogens with zero attached hydrogens (tertiary/aromatic N) is 2. The molecule has 0 saturated carbocycles. The molecule has 0 aromatic heterocycles. The highest BCUT2D eigenvalue weighted by Crippen LogP contribution is 2.42. The van der Waals surface area contributed by atoms with E-state index in [1.165, 1.54) is 11.1 Å². The predicted molar refractivity (Wildman–Crippen MR) is 280 cm³/mol. The highest BCUT2D eigenvalue weighted by atomic mass is 16.5. The predicted octanol–water partition coefficient (Wildman–Crippen LogP) is 8.26. The smallest absolute Gasteiger partial charge is 0.258 e. The quantitative estimate of drug-likeness (QED) is 0.0604. The van der Waals surface area contributed by atoms with Crippen molar-refractivity contribution in [2.75, 3.05) is 35.8 Å². The van der Waals surface area contributed by atoms with Crippen LogP contribution in [0.25, 0.3) is 0 Å². The zero-order chi connectivity index (χ0) is 51.9. The molecule has 5 aromatic rings.